The van der Waals surface area contributed by atoms with Crippen molar-refractivity contribution in [2.45, 2.75) is 52.1 Å². The number of nitrogens with zero attached hydrogens (tertiary/aromatic N) is 3. The van der Waals surface area contributed by atoms with Crippen molar-refractivity contribution in [1.82, 2.24) is 14.8 Å². The predicted octanol–water partition coefficient (Wildman–Crippen LogP) is 4.27. The van der Waals surface area contributed by atoms with E-state index in [0.29, 0.717) is 0 Å². The van der Waals surface area contributed by atoms with Crippen molar-refractivity contribution < 1.29 is 9.90 Å². The molecule has 6 heteroatoms. The Kier molecular flexibility index (Phi) is 6.13. The summed E-state index contributed by atoms with van der Waals surface area (Å²) in [6, 6.07) is 10.4. The molecule has 6 atom stereocenters. The first-order valence-electron chi connectivity index (χ1n) is 12.5. The summed E-state index contributed by atoms with van der Waals surface area (Å²) in [5.74, 6) is 0.427. The molecule has 178 valence electrons. The van der Waals surface area contributed by atoms with Gasteiger partial charge in [0.25, 0.3) is 0 Å². The van der Waals surface area contributed by atoms with Crippen LogP contribution < -0.4 is 0 Å². The van der Waals surface area contributed by atoms with Crippen LogP contribution in [0.1, 0.15) is 50.1 Å². The first-order chi connectivity index (χ1) is 15.8. The van der Waals surface area contributed by atoms with Crippen molar-refractivity contribution in [3.8, 4) is 10.6 Å². The van der Waals surface area contributed by atoms with E-state index in [1.165, 1.54) is 16.1 Å². The van der Waals surface area contributed by atoms with Gasteiger partial charge in [0.2, 0.25) is 5.91 Å². The summed E-state index contributed by atoms with van der Waals surface area (Å²) in [7, 11) is 2.11. The van der Waals surface area contributed by atoms with Gasteiger partial charge in [0.15, 0.2) is 0 Å². The number of amides is 1. The van der Waals surface area contributed by atoms with Crippen LogP contribution in [0.25, 0.3) is 10.6 Å². The highest BCUT2D eigenvalue weighted by Crippen LogP contribution is 2.57. The molecule has 1 saturated carbocycles. The smallest absolute Gasteiger partial charge is 0.225 e. The number of fused-ring (bicyclic) bond motifs is 2. The summed E-state index contributed by atoms with van der Waals surface area (Å²) in [5.41, 5.74) is 2.39. The third-order valence-corrected chi connectivity index (χ3v) is 9.91. The van der Waals surface area contributed by atoms with Crippen LogP contribution in [0.2, 0.25) is 0 Å². The van der Waals surface area contributed by atoms with Gasteiger partial charge in [0.1, 0.15) is 5.01 Å². The number of rotatable bonds is 3. The Hall–Kier alpha value is -1.76. The van der Waals surface area contributed by atoms with Crippen molar-refractivity contribution in [3.63, 3.8) is 0 Å². The molecule has 1 saturated heterocycles. The highest BCUT2D eigenvalue weighted by atomic mass is 32.1. The third kappa shape index (κ3) is 4.04. The van der Waals surface area contributed by atoms with E-state index in [2.05, 4.69) is 50.1 Å². The Bertz CT molecular complexity index is 1000. The zero-order chi connectivity index (χ0) is 23.3. The van der Waals surface area contributed by atoms with E-state index in [1.807, 2.05) is 29.2 Å². The molecule has 1 aromatic heterocycles. The average molecular weight is 468 g/mol. The second-order valence-electron chi connectivity index (χ2n) is 10.9. The zero-order valence-corrected chi connectivity index (χ0v) is 21.1. The Morgan fingerprint density at radius 3 is 2.61 bits per heavy atom. The van der Waals surface area contributed by atoms with Gasteiger partial charge in [-0.15, -0.1) is 11.3 Å². The van der Waals surface area contributed by atoms with Gasteiger partial charge >= 0.3 is 0 Å². The van der Waals surface area contributed by atoms with E-state index in [-0.39, 0.29) is 35.0 Å². The van der Waals surface area contributed by atoms with Crippen LogP contribution in [0.5, 0.6) is 0 Å². The Labute approximate surface area is 201 Å². The molecule has 1 amide bonds. The zero-order valence-electron chi connectivity index (χ0n) is 20.3. The van der Waals surface area contributed by atoms with Gasteiger partial charge in [0.05, 0.1) is 11.8 Å². The Morgan fingerprint density at radius 2 is 1.91 bits per heavy atom. The summed E-state index contributed by atoms with van der Waals surface area (Å²) in [6.45, 7) is 10.1. The van der Waals surface area contributed by atoms with Gasteiger partial charge < -0.3 is 14.9 Å². The SMILES string of the molecule is C[C@H](C(=O)N1CCN(C)CC1)[C@H]1CC[C@]2(C)Cc3sc(-c4ccccc4)nc3[C@H](C)[C@@H]2[C@H]1O. The molecular weight excluding hydrogens is 430 g/mol. The number of carbonyl (C=O) groups is 1. The maximum Gasteiger partial charge on any atom is 0.225 e. The highest BCUT2D eigenvalue weighted by Gasteiger charge is 2.54. The van der Waals surface area contributed by atoms with E-state index in [4.69, 9.17) is 4.98 Å². The van der Waals surface area contributed by atoms with Gasteiger partial charge in [-0.25, -0.2) is 4.98 Å². The summed E-state index contributed by atoms with van der Waals surface area (Å²) in [4.78, 5) is 24.1. The molecular formula is C27H37N3O2S. The second kappa shape index (κ2) is 8.79. The summed E-state index contributed by atoms with van der Waals surface area (Å²) in [6.07, 6.45) is 2.48. The highest BCUT2D eigenvalue weighted by molar-refractivity contribution is 7.15. The number of carbonyl (C=O) groups excluding carboxylic acids is 1. The van der Waals surface area contributed by atoms with Crippen LogP contribution in [0.3, 0.4) is 0 Å². The van der Waals surface area contributed by atoms with Crippen LogP contribution in [0, 0.1) is 23.2 Å². The van der Waals surface area contributed by atoms with E-state index in [9.17, 15) is 9.90 Å². The van der Waals surface area contributed by atoms with Crippen LogP contribution in [0.15, 0.2) is 30.3 Å². The lowest BCUT2D eigenvalue weighted by Gasteiger charge is -2.53. The quantitative estimate of drug-likeness (QED) is 0.732. The van der Waals surface area contributed by atoms with Gasteiger partial charge in [-0.2, -0.15) is 0 Å². The van der Waals surface area contributed by atoms with Crippen LogP contribution in [0.4, 0.5) is 0 Å². The number of hydrogen-bond acceptors (Lipinski definition) is 5. The number of aromatic nitrogens is 1. The number of thiazole rings is 1. The number of aliphatic hydroxyl groups excluding tert-OH is 1. The maximum atomic E-state index is 13.3. The molecule has 5 rings (SSSR count). The third-order valence-electron chi connectivity index (χ3n) is 8.79. The lowest BCUT2D eigenvalue weighted by atomic mass is 9.53. The lowest BCUT2D eigenvalue weighted by Crippen LogP contribution is -2.55. The molecule has 3 aliphatic rings. The Morgan fingerprint density at radius 1 is 1.21 bits per heavy atom. The number of benzene rings is 1. The fraction of sp³-hybridized carbons (Fsp3) is 0.630. The lowest BCUT2D eigenvalue weighted by molar-refractivity contribution is -0.146. The largest absolute Gasteiger partial charge is 0.392 e. The fourth-order valence-electron chi connectivity index (χ4n) is 6.75. The topological polar surface area (TPSA) is 56.7 Å². The van der Waals surface area contributed by atoms with Crippen molar-refractivity contribution in [1.29, 1.82) is 0 Å². The summed E-state index contributed by atoms with van der Waals surface area (Å²) in [5, 5.41) is 12.8. The first kappa shape index (κ1) is 23.0. The van der Waals surface area contributed by atoms with E-state index >= 15 is 0 Å². The molecule has 2 aliphatic carbocycles. The molecule has 1 aromatic carbocycles. The number of hydrogen-bond donors (Lipinski definition) is 1. The van der Waals surface area contributed by atoms with Crippen molar-refractivity contribution in [2.75, 3.05) is 33.2 Å². The predicted molar refractivity (Wildman–Crippen MR) is 133 cm³/mol. The van der Waals surface area contributed by atoms with Gasteiger partial charge in [-0.05, 0) is 43.6 Å². The normalized spacial score (nSPS) is 33.3. The van der Waals surface area contributed by atoms with E-state index < -0.39 is 6.10 Å². The van der Waals surface area contributed by atoms with Crippen molar-refractivity contribution >= 4 is 17.2 Å². The molecule has 33 heavy (non-hydrogen) atoms. The average Bonchev–Trinajstić information content (AvgIpc) is 3.23. The standard InChI is InChI=1S/C27H37N3O2S/c1-17(26(32)30-14-12-29(4)13-15-30)20-10-11-27(3)16-21-23(18(2)22(27)24(20)31)28-25(33-21)19-8-6-5-7-9-19/h5-9,17-18,20,22,24,31H,10-16H2,1-4H3/t17-,18+,20+,22+,24-,27+/m0/s1. The minimum Gasteiger partial charge on any atom is -0.392 e. The summed E-state index contributed by atoms with van der Waals surface area (Å²) >= 11 is 1.82. The first-order valence-corrected chi connectivity index (χ1v) is 13.3. The van der Waals surface area contributed by atoms with Crippen LogP contribution >= 0.6 is 11.3 Å². The van der Waals surface area contributed by atoms with Crippen LogP contribution in [-0.4, -0.2) is 65.1 Å². The molecule has 0 spiro atoms. The molecule has 2 heterocycles. The Balaban J connectivity index is 1.38. The van der Waals surface area contributed by atoms with Crippen molar-refractivity contribution in [3.05, 3.63) is 40.9 Å². The molecule has 5 nitrogen and oxygen atoms in total. The van der Waals surface area contributed by atoms with Gasteiger partial charge in [-0.3, -0.25) is 4.79 Å². The minimum atomic E-state index is -0.472. The molecule has 2 aromatic rings. The minimum absolute atomic E-state index is 0.0199. The van der Waals surface area contributed by atoms with E-state index in [0.717, 1.165) is 50.4 Å². The maximum absolute atomic E-state index is 13.3. The number of piperazine rings is 1. The molecule has 0 unspecified atom stereocenters. The molecule has 0 bridgehead atoms. The van der Waals surface area contributed by atoms with Gasteiger partial charge in [0, 0.05) is 48.5 Å². The fourth-order valence-corrected chi connectivity index (χ4v) is 8.12. The molecule has 1 aliphatic heterocycles. The van der Waals surface area contributed by atoms with E-state index in [1.54, 1.807) is 0 Å². The summed E-state index contributed by atoms with van der Waals surface area (Å²) < 4.78 is 0. The monoisotopic (exact) mass is 467 g/mol. The number of likely N-dealkylation sites (N-methyl/N-ethyl adjacent to an activating group) is 1. The molecule has 2 fully saturated rings. The van der Waals surface area contributed by atoms with Crippen LogP contribution in [-0.2, 0) is 11.2 Å². The molecule has 1 N–H and O–H groups in total. The van der Waals surface area contributed by atoms with Crippen molar-refractivity contribution in [2.24, 2.45) is 23.2 Å². The van der Waals surface area contributed by atoms with Gasteiger partial charge in [-0.1, -0.05) is 51.1 Å². The number of aliphatic hydroxyl groups is 1. The second-order valence-corrected chi connectivity index (χ2v) is 12.0. The molecule has 0 radical (unpaired) electrons.